The molecule has 3 aromatic rings. The van der Waals surface area contributed by atoms with Crippen molar-refractivity contribution < 1.29 is 9.90 Å². The summed E-state index contributed by atoms with van der Waals surface area (Å²) in [5.41, 5.74) is 2.82. The van der Waals surface area contributed by atoms with Crippen LogP contribution in [-0.2, 0) is 0 Å². The van der Waals surface area contributed by atoms with Crippen LogP contribution < -0.4 is 0 Å². The molecule has 0 aliphatic carbocycles. The van der Waals surface area contributed by atoms with Gasteiger partial charge in [0.1, 0.15) is 0 Å². The van der Waals surface area contributed by atoms with E-state index in [9.17, 15) is 9.90 Å². The molecule has 2 aromatic heterocycles. The number of aromatic nitrogens is 2. The normalized spacial score (nSPS) is 14.2. The van der Waals surface area contributed by atoms with Crippen LogP contribution in [0, 0.1) is 11.3 Å². The second-order valence-electron chi connectivity index (χ2n) is 7.43. The zero-order valence-electron chi connectivity index (χ0n) is 16.4. The Balaban J connectivity index is 1.52. The Bertz CT molecular complexity index is 1080. The summed E-state index contributed by atoms with van der Waals surface area (Å²) >= 11 is 0. The van der Waals surface area contributed by atoms with E-state index in [2.05, 4.69) is 20.9 Å². The van der Waals surface area contributed by atoms with E-state index >= 15 is 0 Å². The first-order chi connectivity index (χ1) is 14.1. The van der Waals surface area contributed by atoms with Crippen LogP contribution >= 0.6 is 0 Å². The zero-order valence-corrected chi connectivity index (χ0v) is 16.4. The second kappa shape index (κ2) is 7.94. The molecule has 29 heavy (non-hydrogen) atoms. The maximum atomic E-state index is 12.7. The minimum absolute atomic E-state index is 0.00982. The van der Waals surface area contributed by atoms with E-state index in [1.807, 2.05) is 7.05 Å². The van der Waals surface area contributed by atoms with Crippen LogP contribution in [0.4, 0.5) is 0 Å². The number of likely N-dealkylation sites (tertiary alicyclic amines) is 1. The van der Waals surface area contributed by atoms with Crippen molar-refractivity contribution in [2.24, 2.45) is 0 Å². The molecule has 0 unspecified atom stereocenters. The molecule has 1 saturated heterocycles. The van der Waals surface area contributed by atoms with Gasteiger partial charge in [-0.15, -0.1) is 0 Å². The highest BCUT2D eigenvalue weighted by Gasteiger charge is 2.18. The van der Waals surface area contributed by atoms with Crippen LogP contribution in [0.25, 0.3) is 22.2 Å². The van der Waals surface area contributed by atoms with Gasteiger partial charge in [-0.2, -0.15) is 5.26 Å². The number of aromatic hydroxyl groups is 1. The van der Waals surface area contributed by atoms with Gasteiger partial charge in [0.2, 0.25) is 0 Å². The Hall–Kier alpha value is -3.37. The Morgan fingerprint density at radius 2 is 2.10 bits per heavy atom. The Kier molecular flexibility index (Phi) is 5.19. The predicted octanol–water partition coefficient (Wildman–Crippen LogP) is 2.97. The Labute approximate surface area is 169 Å². The summed E-state index contributed by atoms with van der Waals surface area (Å²) in [6.45, 7) is 3.80. The van der Waals surface area contributed by atoms with Crippen LogP contribution in [0.1, 0.15) is 28.8 Å². The number of carbonyl (C=O) groups excluding carboxylic acids is 1. The van der Waals surface area contributed by atoms with Gasteiger partial charge < -0.3 is 19.9 Å². The van der Waals surface area contributed by atoms with Gasteiger partial charge in [-0.1, -0.05) is 6.07 Å². The molecule has 1 amide bonds. The van der Waals surface area contributed by atoms with E-state index in [1.54, 1.807) is 41.4 Å². The zero-order chi connectivity index (χ0) is 20.4. The van der Waals surface area contributed by atoms with Crippen molar-refractivity contribution in [3.63, 3.8) is 0 Å². The van der Waals surface area contributed by atoms with Crippen LogP contribution in [0.3, 0.4) is 0 Å². The third-order valence-electron chi connectivity index (χ3n) is 5.47. The van der Waals surface area contributed by atoms with Gasteiger partial charge in [0.15, 0.2) is 5.88 Å². The fraction of sp³-hybridized carbons (Fsp3) is 0.318. The van der Waals surface area contributed by atoms with E-state index in [1.165, 1.54) is 12.8 Å². The van der Waals surface area contributed by atoms with Gasteiger partial charge in [-0.25, -0.2) is 0 Å². The van der Waals surface area contributed by atoms with Crippen LogP contribution in [-0.4, -0.2) is 64.0 Å². The average molecular weight is 389 g/mol. The summed E-state index contributed by atoms with van der Waals surface area (Å²) in [5, 5.41) is 20.1. The summed E-state index contributed by atoms with van der Waals surface area (Å²) < 4.78 is 0. The van der Waals surface area contributed by atoms with Crippen molar-refractivity contribution in [3.05, 3.63) is 47.7 Å². The van der Waals surface area contributed by atoms with Crippen molar-refractivity contribution in [2.45, 2.75) is 12.8 Å². The van der Waals surface area contributed by atoms with Gasteiger partial charge in [-0.05, 0) is 50.2 Å². The monoisotopic (exact) mass is 389 g/mol. The number of likely N-dealkylation sites (N-methyl/N-ethyl adjacent to an activating group) is 1. The Morgan fingerprint density at radius 3 is 2.79 bits per heavy atom. The first kappa shape index (κ1) is 19.0. The van der Waals surface area contributed by atoms with Gasteiger partial charge in [0, 0.05) is 31.7 Å². The summed E-state index contributed by atoms with van der Waals surface area (Å²) in [4.78, 5) is 24.1. The first-order valence-corrected chi connectivity index (χ1v) is 9.76. The maximum absolute atomic E-state index is 12.7. The lowest BCUT2D eigenvalue weighted by Crippen LogP contribution is -2.35. The standard InChI is InChI=1S/C22H23N5O2/c1-26(10-11-27-8-2-3-9-27)22(29)16-5-7-18(24-14-16)20-17-6-4-15(13-23)12-19(17)25-21(20)28/h4-7,12,14,25,28H,2-3,8-11H2,1H3. The molecule has 2 N–H and O–H groups in total. The molecule has 7 heteroatoms. The van der Waals surface area contributed by atoms with Crippen molar-refractivity contribution in [3.8, 4) is 23.2 Å². The minimum atomic E-state index is -0.0648. The number of carbonyl (C=O) groups is 1. The van der Waals surface area contributed by atoms with Crippen LogP contribution in [0.2, 0.25) is 0 Å². The van der Waals surface area contributed by atoms with Gasteiger partial charge >= 0.3 is 0 Å². The number of nitrogens with zero attached hydrogens (tertiary/aromatic N) is 4. The summed E-state index contributed by atoms with van der Waals surface area (Å²) in [6.07, 6.45) is 4.02. The molecule has 1 aromatic carbocycles. The number of amides is 1. The lowest BCUT2D eigenvalue weighted by Gasteiger charge is -2.21. The SMILES string of the molecule is CN(CCN1CCCC1)C(=O)c1ccc(-c2c(O)[nH]c3cc(C#N)ccc23)nc1. The second-order valence-corrected chi connectivity index (χ2v) is 7.43. The molecule has 3 heterocycles. The molecule has 0 radical (unpaired) electrons. The highest BCUT2D eigenvalue weighted by atomic mass is 16.3. The molecule has 7 nitrogen and oxygen atoms in total. The number of aromatic amines is 1. The first-order valence-electron chi connectivity index (χ1n) is 9.76. The van der Waals surface area contributed by atoms with E-state index in [-0.39, 0.29) is 11.8 Å². The third kappa shape index (κ3) is 3.80. The number of hydrogen-bond donors (Lipinski definition) is 2. The van der Waals surface area contributed by atoms with Crippen molar-refractivity contribution >= 4 is 16.8 Å². The fourth-order valence-corrected chi connectivity index (χ4v) is 3.80. The number of benzene rings is 1. The molecular weight excluding hydrogens is 366 g/mol. The highest BCUT2D eigenvalue weighted by molar-refractivity contribution is 5.99. The Morgan fingerprint density at radius 1 is 1.31 bits per heavy atom. The van der Waals surface area contributed by atoms with Crippen molar-refractivity contribution in [1.82, 2.24) is 19.8 Å². The number of nitriles is 1. The molecule has 1 fully saturated rings. The molecule has 0 atom stereocenters. The molecule has 0 saturated carbocycles. The van der Waals surface area contributed by atoms with E-state index < -0.39 is 0 Å². The fourth-order valence-electron chi connectivity index (χ4n) is 3.80. The van der Waals surface area contributed by atoms with Gasteiger partial charge in [0.25, 0.3) is 5.91 Å². The van der Waals surface area contributed by atoms with E-state index in [4.69, 9.17) is 5.26 Å². The van der Waals surface area contributed by atoms with Crippen molar-refractivity contribution in [1.29, 1.82) is 5.26 Å². The minimum Gasteiger partial charge on any atom is -0.494 e. The topological polar surface area (TPSA) is 96.2 Å². The number of fused-ring (bicyclic) bond motifs is 1. The molecular formula is C22H23N5O2. The molecule has 1 aliphatic rings. The molecule has 0 spiro atoms. The molecule has 148 valence electrons. The number of hydrogen-bond acceptors (Lipinski definition) is 5. The number of nitrogens with one attached hydrogen (secondary N) is 1. The maximum Gasteiger partial charge on any atom is 0.255 e. The lowest BCUT2D eigenvalue weighted by atomic mass is 10.1. The van der Waals surface area contributed by atoms with E-state index in [0.717, 1.165) is 25.0 Å². The van der Waals surface area contributed by atoms with Crippen LogP contribution in [0.15, 0.2) is 36.5 Å². The highest BCUT2D eigenvalue weighted by Crippen LogP contribution is 2.35. The number of H-pyrrole nitrogens is 1. The molecule has 4 rings (SSSR count). The lowest BCUT2D eigenvalue weighted by molar-refractivity contribution is 0.0782. The smallest absolute Gasteiger partial charge is 0.255 e. The molecule has 1 aliphatic heterocycles. The predicted molar refractivity (Wildman–Crippen MR) is 111 cm³/mol. The van der Waals surface area contributed by atoms with Gasteiger partial charge in [0.05, 0.1) is 34.0 Å². The quantitative estimate of drug-likeness (QED) is 0.699. The average Bonchev–Trinajstić information content (AvgIpc) is 3.37. The van der Waals surface area contributed by atoms with Crippen LogP contribution in [0.5, 0.6) is 5.88 Å². The largest absolute Gasteiger partial charge is 0.494 e. The number of rotatable bonds is 5. The number of pyridine rings is 1. The van der Waals surface area contributed by atoms with Gasteiger partial charge in [-0.3, -0.25) is 9.78 Å². The summed E-state index contributed by atoms with van der Waals surface area (Å²) in [6, 6.07) is 10.7. The van der Waals surface area contributed by atoms with E-state index in [0.29, 0.717) is 34.4 Å². The molecule has 0 bridgehead atoms. The summed E-state index contributed by atoms with van der Waals surface area (Å²) in [5.74, 6) is -0.0746. The third-order valence-corrected chi connectivity index (χ3v) is 5.47. The summed E-state index contributed by atoms with van der Waals surface area (Å²) in [7, 11) is 1.81. The van der Waals surface area contributed by atoms with Crippen molar-refractivity contribution in [2.75, 3.05) is 33.2 Å².